The van der Waals surface area contributed by atoms with Gasteiger partial charge in [0.2, 0.25) is 11.5 Å². The highest BCUT2D eigenvalue weighted by Gasteiger charge is 2.12. The Morgan fingerprint density at radius 2 is 1.80 bits per heavy atom. The average molecular weight is 379 g/mol. The molecular formula is C17H16Cl2N4O2. The lowest BCUT2D eigenvalue weighted by atomic mass is 10.3. The lowest BCUT2D eigenvalue weighted by Gasteiger charge is -2.09. The molecule has 3 aromatic rings. The molecule has 0 aliphatic carbocycles. The number of hydrogen-bond acceptors (Lipinski definition) is 3. The third kappa shape index (κ3) is 3.65. The minimum absolute atomic E-state index is 0.0454. The Morgan fingerprint density at radius 1 is 1.12 bits per heavy atom. The number of benzene rings is 2. The number of carbonyl (C=O) groups is 1. The molecule has 3 N–H and O–H groups in total. The maximum Gasteiger partial charge on any atom is 0.237 e. The Hall–Kier alpha value is -2.44. The molecule has 3 rings (SSSR count). The normalized spacial score (nSPS) is 11.0. The number of primary amides is 1. The highest BCUT2D eigenvalue weighted by Crippen LogP contribution is 2.27. The summed E-state index contributed by atoms with van der Waals surface area (Å²) >= 11 is 12.0. The third-order valence-corrected chi connectivity index (χ3v) is 4.29. The first-order valence-corrected chi connectivity index (χ1v) is 8.32. The van der Waals surface area contributed by atoms with E-state index >= 15 is 0 Å². The summed E-state index contributed by atoms with van der Waals surface area (Å²) in [6.45, 7) is 0.683. The zero-order chi connectivity index (χ0) is 18.0. The minimum atomic E-state index is -0.495. The fourth-order valence-electron chi connectivity index (χ4n) is 2.68. The molecule has 0 fully saturated rings. The molecule has 0 saturated heterocycles. The Morgan fingerprint density at radius 3 is 2.44 bits per heavy atom. The van der Waals surface area contributed by atoms with Gasteiger partial charge in [-0.1, -0.05) is 35.3 Å². The number of aromatic nitrogens is 2. The number of nitrogens with two attached hydrogens (primary N) is 1. The van der Waals surface area contributed by atoms with E-state index in [1.807, 2.05) is 24.3 Å². The molecule has 0 atom stereocenters. The van der Waals surface area contributed by atoms with Gasteiger partial charge in [0.1, 0.15) is 18.9 Å². The molecule has 1 heterocycles. The smallest absolute Gasteiger partial charge is 0.237 e. The number of ether oxygens (including phenoxy) is 1. The fourth-order valence-corrected chi connectivity index (χ4v) is 3.14. The predicted molar refractivity (Wildman–Crippen MR) is 96.9 cm³/mol. The van der Waals surface area contributed by atoms with E-state index in [1.54, 1.807) is 27.3 Å². The number of carbonyl (C=O) groups excluding carboxylic acids is 1. The van der Waals surface area contributed by atoms with Crippen LogP contribution < -0.4 is 16.1 Å². The van der Waals surface area contributed by atoms with E-state index in [0.29, 0.717) is 28.9 Å². The maximum absolute atomic E-state index is 11.3. The first-order chi connectivity index (χ1) is 12.0. The van der Waals surface area contributed by atoms with E-state index in [1.165, 1.54) is 0 Å². The van der Waals surface area contributed by atoms with Crippen molar-refractivity contribution in [2.75, 3.05) is 6.61 Å². The number of fused-ring (bicyclic) bond motifs is 1. The van der Waals surface area contributed by atoms with E-state index in [-0.39, 0.29) is 12.2 Å². The quantitative estimate of drug-likeness (QED) is 0.690. The van der Waals surface area contributed by atoms with Crippen molar-refractivity contribution in [3.63, 3.8) is 0 Å². The Labute approximate surface area is 153 Å². The van der Waals surface area contributed by atoms with Gasteiger partial charge in [0.05, 0.1) is 22.6 Å². The van der Waals surface area contributed by atoms with Crippen LogP contribution in [0.3, 0.4) is 0 Å². The van der Waals surface area contributed by atoms with Crippen LogP contribution in [-0.4, -0.2) is 21.6 Å². The zero-order valence-electron chi connectivity index (χ0n) is 13.2. The van der Waals surface area contributed by atoms with Crippen LogP contribution in [0.15, 0.2) is 42.5 Å². The molecular weight excluding hydrogens is 363 g/mol. The molecule has 0 bridgehead atoms. The molecule has 130 valence electrons. The van der Waals surface area contributed by atoms with E-state index in [9.17, 15) is 4.79 Å². The highest BCUT2D eigenvalue weighted by atomic mass is 35.5. The van der Waals surface area contributed by atoms with Crippen LogP contribution in [0, 0.1) is 5.41 Å². The van der Waals surface area contributed by atoms with Gasteiger partial charge >= 0.3 is 0 Å². The first kappa shape index (κ1) is 17.4. The van der Waals surface area contributed by atoms with Gasteiger partial charge in [0.25, 0.3) is 0 Å². The van der Waals surface area contributed by atoms with Crippen LogP contribution in [0.4, 0.5) is 0 Å². The molecule has 0 radical (unpaired) electrons. The number of halogens is 2. The monoisotopic (exact) mass is 378 g/mol. The predicted octanol–water partition coefficient (Wildman–Crippen LogP) is 2.79. The average Bonchev–Trinajstić information content (AvgIpc) is 2.82. The first-order valence-electron chi connectivity index (χ1n) is 7.56. The van der Waals surface area contributed by atoms with Crippen molar-refractivity contribution in [1.29, 1.82) is 5.41 Å². The molecule has 0 spiro atoms. The van der Waals surface area contributed by atoms with Gasteiger partial charge in [0.15, 0.2) is 0 Å². The van der Waals surface area contributed by atoms with Gasteiger partial charge in [-0.3, -0.25) is 10.2 Å². The van der Waals surface area contributed by atoms with Gasteiger partial charge in [-0.05, 0) is 30.3 Å². The van der Waals surface area contributed by atoms with Crippen molar-refractivity contribution in [2.24, 2.45) is 5.73 Å². The highest BCUT2D eigenvalue weighted by molar-refractivity contribution is 6.35. The maximum atomic E-state index is 11.3. The summed E-state index contributed by atoms with van der Waals surface area (Å²) in [5.41, 5.74) is 7.09. The number of nitrogens with one attached hydrogen (secondary N) is 1. The number of hydrogen-bond donors (Lipinski definition) is 2. The van der Waals surface area contributed by atoms with Crippen LogP contribution in [0.1, 0.15) is 0 Å². The van der Waals surface area contributed by atoms with Crippen LogP contribution in [-0.2, 0) is 17.9 Å². The molecule has 6 nitrogen and oxygen atoms in total. The number of imidazole rings is 1. The summed E-state index contributed by atoms with van der Waals surface area (Å²) in [6, 6.07) is 12.5. The molecule has 0 aliphatic rings. The lowest BCUT2D eigenvalue weighted by Crippen LogP contribution is -2.30. The van der Waals surface area contributed by atoms with E-state index in [4.69, 9.17) is 39.1 Å². The van der Waals surface area contributed by atoms with Crippen molar-refractivity contribution < 1.29 is 9.53 Å². The zero-order valence-corrected chi connectivity index (χ0v) is 14.7. The minimum Gasteiger partial charge on any atom is -0.490 e. The molecule has 25 heavy (non-hydrogen) atoms. The van der Waals surface area contributed by atoms with Gasteiger partial charge in [0, 0.05) is 5.02 Å². The molecule has 1 aromatic heterocycles. The number of rotatable bonds is 6. The summed E-state index contributed by atoms with van der Waals surface area (Å²) in [5.74, 6) is 0.0321. The molecule has 0 aliphatic heterocycles. The van der Waals surface area contributed by atoms with E-state index in [2.05, 4.69) is 0 Å². The SMILES string of the molecule is N=c1n(CCOc2ccc(Cl)cc2Cl)c2ccccc2n1CC(N)=O. The standard InChI is InChI=1S/C17H16Cl2N4O2/c18-11-5-6-15(12(19)9-11)25-8-7-22-13-3-1-2-4-14(13)23(17(22)21)10-16(20)24/h1-6,9,21H,7-8,10H2,(H2,20,24). The summed E-state index contributed by atoms with van der Waals surface area (Å²) in [4.78, 5) is 11.3. The fraction of sp³-hybridized carbons (Fsp3) is 0.176. The van der Waals surface area contributed by atoms with E-state index in [0.717, 1.165) is 11.0 Å². The summed E-state index contributed by atoms with van der Waals surface area (Å²) < 4.78 is 9.04. The Balaban J connectivity index is 1.85. The molecule has 2 aromatic carbocycles. The molecule has 0 saturated carbocycles. The Bertz CT molecular complexity index is 994. The van der Waals surface area contributed by atoms with E-state index < -0.39 is 5.91 Å². The second kappa shape index (κ2) is 7.21. The summed E-state index contributed by atoms with van der Waals surface area (Å²) in [5, 5.41) is 9.31. The van der Waals surface area contributed by atoms with Crippen molar-refractivity contribution in [2.45, 2.75) is 13.1 Å². The number of amides is 1. The molecule has 8 heteroatoms. The molecule has 1 amide bonds. The largest absolute Gasteiger partial charge is 0.490 e. The summed E-state index contributed by atoms with van der Waals surface area (Å²) in [6.07, 6.45) is 0. The van der Waals surface area contributed by atoms with Crippen LogP contribution >= 0.6 is 23.2 Å². The van der Waals surface area contributed by atoms with Crippen molar-refractivity contribution >= 4 is 40.1 Å². The van der Waals surface area contributed by atoms with Crippen LogP contribution in [0.2, 0.25) is 10.0 Å². The third-order valence-electron chi connectivity index (χ3n) is 3.75. The number of nitrogens with zero attached hydrogens (tertiary/aromatic N) is 2. The van der Waals surface area contributed by atoms with Crippen molar-refractivity contribution in [3.8, 4) is 5.75 Å². The second-order valence-corrected chi connectivity index (χ2v) is 6.28. The lowest BCUT2D eigenvalue weighted by molar-refractivity contribution is -0.118. The second-order valence-electron chi connectivity index (χ2n) is 5.44. The topological polar surface area (TPSA) is 86.0 Å². The number of para-hydroxylation sites is 2. The van der Waals surface area contributed by atoms with Crippen molar-refractivity contribution in [3.05, 3.63) is 58.1 Å². The van der Waals surface area contributed by atoms with Crippen LogP contribution in [0.5, 0.6) is 5.75 Å². The van der Waals surface area contributed by atoms with Crippen molar-refractivity contribution in [1.82, 2.24) is 9.13 Å². The molecule has 0 unspecified atom stereocenters. The Kier molecular flexibility index (Phi) is 5.01. The van der Waals surface area contributed by atoms with Gasteiger partial charge < -0.3 is 19.6 Å². The van der Waals surface area contributed by atoms with Gasteiger partial charge in [-0.2, -0.15) is 0 Å². The van der Waals surface area contributed by atoms with Crippen LogP contribution in [0.25, 0.3) is 11.0 Å². The summed E-state index contributed by atoms with van der Waals surface area (Å²) in [7, 11) is 0. The van der Waals surface area contributed by atoms with Gasteiger partial charge in [-0.15, -0.1) is 0 Å². The van der Waals surface area contributed by atoms with Gasteiger partial charge in [-0.25, -0.2) is 0 Å².